The van der Waals surface area contributed by atoms with Crippen molar-refractivity contribution in [3.63, 3.8) is 0 Å². The van der Waals surface area contributed by atoms with E-state index >= 15 is 0 Å². The molecule has 1 rings (SSSR count). The number of nitrogens with zero attached hydrogens (tertiary/aromatic N) is 1. The van der Waals surface area contributed by atoms with Crippen LogP contribution >= 0.6 is 0 Å². The van der Waals surface area contributed by atoms with Crippen LogP contribution in [0.1, 0.15) is 59.3 Å². The minimum absolute atomic E-state index is 0.379. The highest BCUT2D eigenvalue weighted by Gasteiger charge is 2.32. The Hall–Kier alpha value is -0.120. The normalized spacial score (nSPS) is 19.7. The molecule has 0 atom stereocenters. The second kappa shape index (κ2) is 9.12. The predicted octanol–water partition coefficient (Wildman–Crippen LogP) is 3.54. The molecule has 0 amide bonds. The van der Waals surface area contributed by atoms with E-state index in [2.05, 4.69) is 38.0 Å². The molecule has 1 fully saturated rings. The van der Waals surface area contributed by atoms with E-state index in [1.54, 1.807) is 7.11 Å². The fourth-order valence-corrected chi connectivity index (χ4v) is 3.84. The number of methoxy groups -OCH3 is 1. The highest BCUT2D eigenvalue weighted by Crippen LogP contribution is 2.35. The lowest BCUT2D eigenvalue weighted by atomic mass is 9.79. The average Bonchev–Trinajstić information content (AvgIpc) is 2.58. The second-order valence-corrected chi connectivity index (χ2v) is 8.32. The lowest BCUT2D eigenvalue weighted by molar-refractivity contribution is 0.115. The van der Waals surface area contributed by atoms with Gasteiger partial charge in [0.15, 0.2) is 0 Å². The second-order valence-electron chi connectivity index (χ2n) is 8.32. The Bertz CT molecular complexity index is 265. The summed E-state index contributed by atoms with van der Waals surface area (Å²) in [6, 6.07) is 0. The fourth-order valence-electron chi connectivity index (χ4n) is 3.84. The molecule has 0 heterocycles. The van der Waals surface area contributed by atoms with Gasteiger partial charge in [-0.2, -0.15) is 0 Å². The number of nitrogens with one attached hydrogen (secondary N) is 1. The lowest BCUT2D eigenvalue weighted by Gasteiger charge is -2.39. The molecule has 3 heteroatoms. The van der Waals surface area contributed by atoms with Gasteiger partial charge in [0.1, 0.15) is 0 Å². The largest absolute Gasteiger partial charge is 0.383 e. The molecule has 3 nitrogen and oxygen atoms in total. The molecule has 0 aromatic heterocycles. The van der Waals surface area contributed by atoms with Crippen LogP contribution in [0.3, 0.4) is 0 Å². The van der Waals surface area contributed by atoms with E-state index in [4.69, 9.17) is 4.74 Å². The Morgan fingerprint density at radius 1 is 1.10 bits per heavy atom. The monoisotopic (exact) mass is 298 g/mol. The quantitative estimate of drug-likeness (QED) is 0.548. The van der Waals surface area contributed by atoms with Crippen LogP contribution in [0.4, 0.5) is 0 Å². The molecule has 1 saturated carbocycles. The summed E-state index contributed by atoms with van der Waals surface area (Å²) in [5.74, 6) is 0. The molecule has 0 aromatic carbocycles. The third-order valence-corrected chi connectivity index (χ3v) is 4.50. The van der Waals surface area contributed by atoms with Gasteiger partial charge in [0.2, 0.25) is 0 Å². The van der Waals surface area contributed by atoms with Gasteiger partial charge in [-0.05, 0) is 30.7 Å². The molecule has 1 aliphatic rings. The number of hydrogen-bond donors (Lipinski definition) is 1. The summed E-state index contributed by atoms with van der Waals surface area (Å²) in [6.45, 7) is 12.3. The minimum atomic E-state index is 0.379. The molecular formula is C18H38N2O. The molecule has 1 N–H and O–H groups in total. The summed E-state index contributed by atoms with van der Waals surface area (Å²) in [6.07, 6.45) is 8.39. The first kappa shape index (κ1) is 18.9. The third-order valence-electron chi connectivity index (χ3n) is 4.50. The first-order valence-electron chi connectivity index (χ1n) is 8.75. The maximum atomic E-state index is 5.16. The maximum Gasteiger partial charge on any atom is 0.0587 e. The van der Waals surface area contributed by atoms with E-state index in [0.29, 0.717) is 10.8 Å². The van der Waals surface area contributed by atoms with E-state index in [-0.39, 0.29) is 0 Å². The van der Waals surface area contributed by atoms with Crippen LogP contribution in [0.15, 0.2) is 0 Å². The summed E-state index contributed by atoms with van der Waals surface area (Å²) in [5.41, 5.74) is 0.842. The van der Waals surface area contributed by atoms with Crippen LogP contribution in [0.5, 0.6) is 0 Å². The molecule has 21 heavy (non-hydrogen) atoms. The Balaban J connectivity index is 2.57. The summed E-state index contributed by atoms with van der Waals surface area (Å²) in [7, 11) is 4.08. The van der Waals surface area contributed by atoms with Gasteiger partial charge in [0.25, 0.3) is 0 Å². The van der Waals surface area contributed by atoms with Crippen molar-refractivity contribution < 1.29 is 4.74 Å². The molecule has 0 unspecified atom stereocenters. The highest BCUT2D eigenvalue weighted by atomic mass is 16.5. The third kappa shape index (κ3) is 8.18. The SMILES string of the molecule is COCCNCC1(CN(C)CC(C)(C)C)CCCCCC1. The molecular weight excluding hydrogens is 260 g/mol. The van der Waals surface area contributed by atoms with Gasteiger partial charge in [0, 0.05) is 33.3 Å². The van der Waals surface area contributed by atoms with Crippen molar-refractivity contribution >= 4 is 0 Å². The summed E-state index contributed by atoms with van der Waals surface area (Å²) >= 11 is 0. The summed E-state index contributed by atoms with van der Waals surface area (Å²) in [5, 5.41) is 3.64. The molecule has 0 aliphatic heterocycles. The van der Waals surface area contributed by atoms with Crippen LogP contribution in [0.2, 0.25) is 0 Å². The van der Waals surface area contributed by atoms with Crippen LogP contribution < -0.4 is 5.32 Å². The van der Waals surface area contributed by atoms with Crippen molar-refractivity contribution in [3.8, 4) is 0 Å². The Labute approximate surface area is 132 Å². The lowest BCUT2D eigenvalue weighted by Crippen LogP contribution is -2.45. The predicted molar refractivity (Wildman–Crippen MR) is 91.8 cm³/mol. The number of rotatable bonds is 8. The van der Waals surface area contributed by atoms with E-state index in [0.717, 1.165) is 19.7 Å². The molecule has 0 aromatic rings. The Morgan fingerprint density at radius 2 is 1.71 bits per heavy atom. The van der Waals surface area contributed by atoms with E-state index in [1.165, 1.54) is 51.6 Å². The Kier molecular flexibility index (Phi) is 8.22. The van der Waals surface area contributed by atoms with Crippen molar-refractivity contribution in [2.45, 2.75) is 59.3 Å². The molecule has 0 bridgehead atoms. The zero-order valence-corrected chi connectivity index (χ0v) is 15.1. The zero-order chi connectivity index (χ0) is 15.8. The highest BCUT2D eigenvalue weighted by molar-refractivity contribution is 4.87. The number of hydrogen-bond acceptors (Lipinski definition) is 3. The molecule has 126 valence electrons. The van der Waals surface area contributed by atoms with Crippen molar-refractivity contribution in [2.75, 3.05) is 46.9 Å². The topological polar surface area (TPSA) is 24.5 Å². The van der Waals surface area contributed by atoms with E-state index < -0.39 is 0 Å². The van der Waals surface area contributed by atoms with Crippen molar-refractivity contribution in [1.29, 1.82) is 0 Å². The summed E-state index contributed by atoms with van der Waals surface area (Å²) in [4.78, 5) is 2.56. The molecule has 1 aliphatic carbocycles. The fraction of sp³-hybridized carbons (Fsp3) is 1.00. The standard InChI is InChI=1S/C18H38N2O/c1-17(2,3)15-20(4)16-18(14-19-12-13-21-5)10-8-6-7-9-11-18/h19H,6-16H2,1-5H3. The van der Waals surface area contributed by atoms with Gasteiger partial charge in [0.05, 0.1) is 6.61 Å². The van der Waals surface area contributed by atoms with Crippen molar-refractivity contribution in [3.05, 3.63) is 0 Å². The maximum absolute atomic E-state index is 5.16. The van der Waals surface area contributed by atoms with Crippen molar-refractivity contribution in [1.82, 2.24) is 10.2 Å². The van der Waals surface area contributed by atoms with Gasteiger partial charge in [-0.3, -0.25) is 0 Å². The van der Waals surface area contributed by atoms with Crippen LogP contribution in [-0.4, -0.2) is 51.8 Å². The molecule has 0 saturated heterocycles. The van der Waals surface area contributed by atoms with Crippen LogP contribution in [-0.2, 0) is 4.74 Å². The first-order valence-corrected chi connectivity index (χ1v) is 8.75. The van der Waals surface area contributed by atoms with Crippen LogP contribution in [0, 0.1) is 10.8 Å². The summed E-state index contributed by atoms with van der Waals surface area (Å²) < 4.78 is 5.16. The molecule has 0 radical (unpaired) electrons. The van der Waals surface area contributed by atoms with Gasteiger partial charge in [-0.25, -0.2) is 0 Å². The van der Waals surface area contributed by atoms with Gasteiger partial charge >= 0.3 is 0 Å². The van der Waals surface area contributed by atoms with Gasteiger partial charge in [-0.15, -0.1) is 0 Å². The van der Waals surface area contributed by atoms with E-state index in [1.807, 2.05) is 0 Å². The zero-order valence-electron chi connectivity index (χ0n) is 15.1. The van der Waals surface area contributed by atoms with Gasteiger partial charge < -0.3 is 15.0 Å². The first-order chi connectivity index (χ1) is 9.87. The van der Waals surface area contributed by atoms with Crippen molar-refractivity contribution in [2.24, 2.45) is 10.8 Å². The smallest absolute Gasteiger partial charge is 0.0587 e. The average molecular weight is 299 g/mol. The van der Waals surface area contributed by atoms with Crippen LogP contribution in [0.25, 0.3) is 0 Å². The van der Waals surface area contributed by atoms with E-state index in [9.17, 15) is 0 Å². The minimum Gasteiger partial charge on any atom is -0.383 e. The Morgan fingerprint density at radius 3 is 2.24 bits per heavy atom. The molecule has 0 spiro atoms. The number of ether oxygens (including phenoxy) is 1. The van der Waals surface area contributed by atoms with Gasteiger partial charge in [-0.1, -0.05) is 46.5 Å².